The van der Waals surface area contributed by atoms with Crippen molar-refractivity contribution in [3.05, 3.63) is 70.3 Å². The molecule has 2 aliphatic heterocycles. The number of fused-ring (bicyclic) bond motifs is 2. The molecule has 1 N–H and O–H groups in total. The van der Waals surface area contributed by atoms with Crippen molar-refractivity contribution in [2.24, 2.45) is 0 Å². The summed E-state index contributed by atoms with van der Waals surface area (Å²) < 4.78 is 40.3. The molecule has 0 atom stereocenters. The Balaban J connectivity index is 1.90. The third-order valence-electron chi connectivity index (χ3n) is 6.76. The van der Waals surface area contributed by atoms with Gasteiger partial charge in [0.15, 0.2) is 5.78 Å². The monoisotopic (exact) mass is 485 g/mol. The van der Waals surface area contributed by atoms with Crippen LogP contribution < -0.4 is 10.2 Å². The van der Waals surface area contributed by atoms with Crippen LogP contribution in [0.15, 0.2) is 42.5 Å². The fourth-order valence-corrected chi connectivity index (χ4v) is 5.03. The van der Waals surface area contributed by atoms with E-state index in [9.17, 15) is 27.6 Å². The van der Waals surface area contributed by atoms with E-state index in [2.05, 4.69) is 5.32 Å². The van der Waals surface area contributed by atoms with Gasteiger partial charge in [0.05, 0.1) is 16.5 Å². The van der Waals surface area contributed by atoms with E-state index in [1.165, 1.54) is 34.1 Å². The lowest BCUT2D eigenvalue weighted by molar-refractivity contribution is -0.137. The predicted octanol–water partition coefficient (Wildman–Crippen LogP) is 3.90. The summed E-state index contributed by atoms with van der Waals surface area (Å²) in [7, 11) is 4.74. The number of halogens is 3. The Morgan fingerprint density at radius 3 is 2.37 bits per heavy atom. The highest BCUT2D eigenvalue weighted by atomic mass is 19.4. The Bertz CT molecular complexity index is 1230. The molecular formula is C26H26F3N3O3. The second-order valence-corrected chi connectivity index (χ2v) is 9.06. The number of ketones is 1. The topological polar surface area (TPSA) is 69.7 Å². The smallest absolute Gasteiger partial charge is 0.345 e. The number of allylic oxidation sites excluding steroid dienone is 1. The fraction of sp³-hybridized carbons (Fsp3) is 0.346. The molecule has 0 saturated carbocycles. The number of likely N-dealkylation sites (N-methyl/N-ethyl adjacent to an activating group) is 1. The first-order valence-corrected chi connectivity index (χ1v) is 11.3. The molecule has 0 unspecified atom stereocenters. The Morgan fingerprint density at radius 2 is 1.74 bits per heavy atom. The first-order valence-electron chi connectivity index (χ1n) is 11.3. The minimum absolute atomic E-state index is 0.0709. The highest BCUT2D eigenvalue weighted by Crippen LogP contribution is 2.49. The molecule has 2 amide bonds. The minimum Gasteiger partial charge on any atom is -0.345 e. The van der Waals surface area contributed by atoms with E-state index >= 15 is 0 Å². The van der Waals surface area contributed by atoms with Gasteiger partial charge in [-0.3, -0.25) is 14.4 Å². The molecule has 4 rings (SSSR count). The molecule has 1 fully saturated rings. The zero-order valence-corrected chi connectivity index (χ0v) is 19.7. The van der Waals surface area contributed by atoms with Gasteiger partial charge in [-0.15, -0.1) is 0 Å². The molecule has 2 aromatic carbocycles. The van der Waals surface area contributed by atoms with Gasteiger partial charge >= 0.3 is 6.18 Å². The molecule has 2 aromatic rings. The molecule has 0 bridgehead atoms. The van der Waals surface area contributed by atoms with E-state index in [4.69, 9.17) is 0 Å². The maximum absolute atomic E-state index is 13.6. The van der Waals surface area contributed by atoms with Crippen molar-refractivity contribution >= 4 is 29.4 Å². The lowest BCUT2D eigenvalue weighted by atomic mass is 9.71. The summed E-state index contributed by atoms with van der Waals surface area (Å²) >= 11 is 0. The number of amides is 2. The van der Waals surface area contributed by atoms with Crippen molar-refractivity contribution in [1.29, 1.82) is 0 Å². The van der Waals surface area contributed by atoms with Crippen molar-refractivity contribution in [1.82, 2.24) is 10.2 Å². The van der Waals surface area contributed by atoms with Crippen LogP contribution in [0.4, 0.5) is 18.9 Å². The van der Waals surface area contributed by atoms with E-state index < -0.39 is 28.8 Å². The molecule has 2 aliphatic rings. The van der Waals surface area contributed by atoms with Crippen LogP contribution >= 0.6 is 0 Å². The molecule has 1 spiro atoms. The maximum Gasteiger partial charge on any atom is 0.416 e. The van der Waals surface area contributed by atoms with Gasteiger partial charge in [-0.05, 0) is 55.8 Å². The van der Waals surface area contributed by atoms with E-state index in [1.54, 1.807) is 27.2 Å². The number of piperidine rings is 1. The molecule has 0 aromatic heterocycles. The Kier molecular flexibility index (Phi) is 6.31. The molecule has 6 nitrogen and oxygen atoms in total. The number of rotatable bonds is 4. The molecular weight excluding hydrogens is 459 g/mol. The molecule has 184 valence electrons. The van der Waals surface area contributed by atoms with Crippen LogP contribution in [0.1, 0.15) is 50.2 Å². The van der Waals surface area contributed by atoms with E-state index in [0.717, 1.165) is 18.2 Å². The normalized spacial score (nSPS) is 17.2. The molecule has 2 heterocycles. The standard InChI is InChI=1S/C26H26F3N3O3/c1-31(2)23(34)17-9-10-19-22(25(24(35)32(19)3)12-14-30-15-13-25)21(17)20(33)11-8-16-6-4-5-7-18(16)26(27,28)29/h4-11,30H,12-15H2,1-3H3/b11-8+. The van der Waals surface area contributed by atoms with Crippen LogP contribution in [-0.4, -0.2) is 56.7 Å². The summed E-state index contributed by atoms with van der Waals surface area (Å²) in [6, 6.07) is 8.14. The minimum atomic E-state index is -4.59. The maximum atomic E-state index is 13.6. The SMILES string of the molecule is CN(C)C(=O)c1ccc2c(c1C(=O)/C=C/c1ccccc1C(F)(F)F)C1(CCNCC1)C(=O)N2C. The zero-order chi connectivity index (χ0) is 25.5. The predicted molar refractivity (Wildman–Crippen MR) is 126 cm³/mol. The van der Waals surface area contributed by atoms with Crippen LogP contribution in [0.25, 0.3) is 6.08 Å². The first kappa shape index (κ1) is 24.7. The van der Waals surface area contributed by atoms with Gasteiger partial charge in [0.25, 0.3) is 5.91 Å². The molecule has 1 saturated heterocycles. The Labute approximate surface area is 201 Å². The number of benzene rings is 2. The largest absolute Gasteiger partial charge is 0.416 e. The fourth-order valence-electron chi connectivity index (χ4n) is 5.03. The first-order chi connectivity index (χ1) is 16.5. The Hall–Kier alpha value is -3.46. The van der Waals surface area contributed by atoms with Gasteiger partial charge in [0.2, 0.25) is 5.91 Å². The second kappa shape index (κ2) is 8.96. The van der Waals surface area contributed by atoms with E-state index in [0.29, 0.717) is 37.2 Å². The molecule has 0 radical (unpaired) electrons. The van der Waals surface area contributed by atoms with Gasteiger partial charge < -0.3 is 15.1 Å². The molecule has 35 heavy (non-hydrogen) atoms. The Morgan fingerprint density at radius 1 is 1.09 bits per heavy atom. The average molecular weight is 486 g/mol. The third-order valence-corrected chi connectivity index (χ3v) is 6.76. The van der Waals surface area contributed by atoms with Crippen molar-refractivity contribution in [2.75, 3.05) is 39.1 Å². The van der Waals surface area contributed by atoms with Gasteiger partial charge in [-0.2, -0.15) is 13.2 Å². The number of nitrogens with one attached hydrogen (secondary N) is 1. The quantitative estimate of drug-likeness (QED) is 0.527. The van der Waals surface area contributed by atoms with Gasteiger partial charge in [0, 0.05) is 38.0 Å². The number of carbonyl (C=O) groups excluding carboxylic acids is 3. The number of alkyl halides is 3. The average Bonchev–Trinajstić information content (AvgIpc) is 3.03. The summed E-state index contributed by atoms with van der Waals surface area (Å²) in [6.07, 6.45) is -1.51. The van der Waals surface area contributed by atoms with Crippen molar-refractivity contribution in [3.63, 3.8) is 0 Å². The van der Waals surface area contributed by atoms with E-state index in [1.807, 2.05) is 0 Å². The summed E-state index contributed by atoms with van der Waals surface area (Å²) in [6.45, 7) is 1.13. The van der Waals surface area contributed by atoms with Crippen molar-refractivity contribution in [2.45, 2.75) is 24.4 Å². The summed E-state index contributed by atoms with van der Waals surface area (Å²) in [5.74, 6) is -1.19. The number of hydrogen-bond donors (Lipinski definition) is 1. The number of nitrogens with zero attached hydrogens (tertiary/aromatic N) is 2. The highest BCUT2D eigenvalue weighted by molar-refractivity contribution is 6.20. The third kappa shape index (κ3) is 4.14. The van der Waals surface area contributed by atoms with Crippen molar-refractivity contribution < 1.29 is 27.6 Å². The van der Waals surface area contributed by atoms with Crippen molar-refractivity contribution in [3.8, 4) is 0 Å². The van der Waals surface area contributed by atoms with Gasteiger partial charge in [-0.1, -0.05) is 24.3 Å². The lowest BCUT2D eigenvalue weighted by Crippen LogP contribution is -2.47. The van der Waals surface area contributed by atoms with Crippen LogP contribution in [0, 0.1) is 0 Å². The summed E-state index contributed by atoms with van der Waals surface area (Å²) in [5.41, 5.74) is -0.781. The number of carbonyl (C=O) groups is 3. The van der Waals surface area contributed by atoms with Crippen LogP contribution in [0.2, 0.25) is 0 Å². The van der Waals surface area contributed by atoms with Crippen LogP contribution in [0.5, 0.6) is 0 Å². The number of anilines is 1. The van der Waals surface area contributed by atoms with E-state index in [-0.39, 0.29) is 22.6 Å². The van der Waals surface area contributed by atoms with Gasteiger partial charge in [-0.25, -0.2) is 0 Å². The van der Waals surface area contributed by atoms with Crippen LogP contribution in [0.3, 0.4) is 0 Å². The second-order valence-electron chi connectivity index (χ2n) is 9.06. The number of hydrogen-bond acceptors (Lipinski definition) is 4. The molecule has 9 heteroatoms. The van der Waals surface area contributed by atoms with Gasteiger partial charge in [0.1, 0.15) is 0 Å². The summed E-state index contributed by atoms with van der Waals surface area (Å²) in [5, 5.41) is 3.22. The molecule has 0 aliphatic carbocycles. The highest BCUT2D eigenvalue weighted by Gasteiger charge is 2.52. The lowest BCUT2D eigenvalue weighted by Gasteiger charge is -2.34. The zero-order valence-electron chi connectivity index (χ0n) is 19.7. The van der Waals surface area contributed by atoms with Crippen LogP contribution in [-0.2, 0) is 16.4 Å². The summed E-state index contributed by atoms with van der Waals surface area (Å²) in [4.78, 5) is 42.9.